The van der Waals surface area contributed by atoms with Crippen LogP contribution in [0.3, 0.4) is 0 Å². The molecule has 0 aliphatic carbocycles. The second-order valence-electron chi connectivity index (χ2n) is 5.72. The number of benzene rings is 2. The number of alkyl halides is 4. The number of carbonyl (C=O) groups is 1. The Morgan fingerprint density at radius 1 is 1.20 bits per heavy atom. The molecule has 1 heterocycles. The highest BCUT2D eigenvalue weighted by molar-refractivity contribution is 6.21. The number of carbonyl (C=O) groups excluding carboxylic acids is 1. The first-order valence-electron chi connectivity index (χ1n) is 7.69. The van der Waals surface area contributed by atoms with E-state index in [4.69, 9.17) is 16.3 Å². The third-order valence-electron chi connectivity index (χ3n) is 4.02. The van der Waals surface area contributed by atoms with E-state index in [1.807, 2.05) is 18.2 Å². The van der Waals surface area contributed by atoms with Crippen molar-refractivity contribution in [1.82, 2.24) is 0 Å². The number of anilines is 1. The van der Waals surface area contributed by atoms with Crippen LogP contribution in [0.15, 0.2) is 48.5 Å². The van der Waals surface area contributed by atoms with Crippen molar-refractivity contribution in [2.75, 3.05) is 11.4 Å². The van der Waals surface area contributed by atoms with E-state index in [9.17, 15) is 18.0 Å². The van der Waals surface area contributed by atoms with Crippen molar-refractivity contribution in [1.29, 1.82) is 0 Å². The molecule has 0 bridgehead atoms. The molecule has 1 amide bonds. The molecule has 0 N–H and O–H groups in total. The summed E-state index contributed by atoms with van der Waals surface area (Å²) >= 11 is 6.20. The van der Waals surface area contributed by atoms with Crippen LogP contribution in [0.2, 0.25) is 0 Å². The van der Waals surface area contributed by atoms with Crippen molar-refractivity contribution < 1.29 is 22.7 Å². The lowest BCUT2D eigenvalue weighted by Crippen LogP contribution is -2.36. The molecule has 0 aromatic heterocycles. The van der Waals surface area contributed by atoms with Crippen molar-refractivity contribution in [3.63, 3.8) is 0 Å². The number of hydrogen-bond acceptors (Lipinski definition) is 2. The van der Waals surface area contributed by atoms with Gasteiger partial charge in [0.05, 0.1) is 16.6 Å². The third-order valence-corrected chi connectivity index (χ3v) is 4.47. The highest BCUT2D eigenvalue weighted by atomic mass is 35.5. The molecule has 2 aromatic carbocycles. The summed E-state index contributed by atoms with van der Waals surface area (Å²) in [4.78, 5) is 13.6. The minimum atomic E-state index is -4.49. The van der Waals surface area contributed by atoms with Crippen molar-refractivity contribution in [2.24, 2.45) is 0 Å². The molecule has 1 atom stereocenters. The Morgan fingerprint density at radius 3 is 2.60 bits per heavy atom. The average molecular weight is 370 g/mol. The van der Waals surface area contributed by atoms with Crippen molar-refractivity contribution >= 4 is 23.4 Å². The summed E-state index contributed by atoms with van der Waals surface area (Å²) in [6.07, 6.45) is -4.73. The van der Waals surface area contributed by atoms with E-state index in [1.54, 1.807) is 12.1 Å². The van der Waals surface area contributed by atoms with Gasteiger partial charge in [0, 0.05) is 6.54 Å². The zero-order valence-corrected chi connectivity index (χ0v) is 13.8. The Morgan fingerprint density at radius 2 is 1.92 bits per heavy atom. The maximum Gasteiger partial charge on any atom is 0.416 e. The maximum atomic E-state index is 13.0. The lowest BCUT2D eigenvalue weighted by Gasteiger charge is -2.31. The number of halogens is 4. The fraction of sp³-hybridized carbons (Fsp3) is 0.278. The first kappa shape index (κ1) is 17.6. The summed E-state index contributed by atoms with van der Waals surface area (Å²) in [5.74, 6) is 0. The largest absolute Gasteiger partial charge is 0.444 e. The molecule has 1 aliphatic rings. The highest BCUT2D eigenvalue weighted by Crippen LogP contribution is 2.41. The quantitative estimate of drug-likeness (QED) is 0.651. The van der Waals surface area contributed by atoms with Crippen LogP contribution in [-0.2, 0) is 17.5 Å². The zero-order chi connectivity index (χ0) is 18.0. The summed E-state index contributed by atoms with van der Waals surface area (Å²) in [6, 6.07) is 12.3. The maximum absolute atomic E-state index is 13.0. The molecule has 2 aromatic rings. The molecule has 0 fully saturated rings. The topological polar surface area (TPSA) is 29.5 Å². The van der Waals surface area contributed by atoms with Crippen LogP contribution in [0.4, 0.5) is 23.7 Å². The molecule has 0 spiro atoms. The molecule has 0 radical (unpaired) electrons. The predicted molar refractivity (Wildman–Crippen MR) is 88.6 cm³/mol. The Bertz CT molecular complexity index is 765. The summed E-state index contributed by atoms with van der Waals surface area (Å²) in [5.41, 5.74) is 0.627. The summed E-state index contributed by atoms with van der Waals surface area (Å²) in [6.45, 7) is 0.255. The number of rotatable bonds is 2. The zero-order valence-electron chi connectivity index (χ0n) is 13.1. The van der Waals surface area contributed by atoms with Gasteiger partial charge in [0.2, 0.25) is 0 Å². The van der Waals surface area contributed by atoms with Crippen LogP contribution < -0.4 is 4.90 Å². The fourth-order valence-corrected chi connectivity index (χ4v) is 3.01. The molecule has 3 nitrogen and oxygen atoms in total. The molecule has 1 unspecified atom stereocenters. The molecule has 3 rings (SSSR count). The van der Waals surface area contributed by atoms with Gasteiger partial charge in [-0.3, -0.25) is 4.90 Å². The van der Waals surface area contributed by atoms with Crippen LogP contribution in [0.5, 0.6) is 0 Å². The van der Waals surface area contributed by atoms with Gasteiger partial charge in [0.15, 0.2) is 0 Å². The lowest BCUT2D eigenvalue weighted by atomic mass is 9.99. The van der Waals surface area contributed by atoms with E-state index in [1.165, 1.54) is 11.0 Å². The predicted octanol–water partition coefficient (Wildman–Crippen LogP) is 5.53. The molecule has 0 saturated carbocycles. The number of nitrogens with zero attached hydrogens (tertiary/aromatic N) is 1. The summed E-state index contributed by atoms with van der Waals surface area (Å²) in [5, 5.41) is -0.435. The van der Waals surface area contributed by atoms with Gasteiger partial charge in [-0.2, -0.15) is 13.2 Å². The molecule has 0 saturated heterocycles. The minimum absolute atomic E-state index is 0.0504. The van der Waals surface area contributed by atoms with E-state index < -0.39 is 23.2 Å². The first-order chi connectivity index (χ1) is 11.9. The lowest BCUT2D eigenvalue weighted by molar-refractivity contribution is -0.137. The monoisotopic (exact) mass is 369 g/mol. The van der Waals surface area contributed by atoms with Crippen molar-refractivity contribution in [3.05, 3.63) is 65.2 Å². The highest BCUT2D eigenvalue weighted by Gasteiger charge is 2.35. The number of hydrogen-bond donors (Lipinski definition) is 0. The van der Waals surface area contributed by atoms with Gasteiger partial charge in [0.25, 0.3) is 0 Å². The van der Waals surface area contributed by atoms with Gasteiger partial charge in [-0.1, -0.05) is 36.4 Å². The van der Waals surface area contributed by atoms with Gasteiger partial charge in [-0.15, -0.1) is 11.6 Å². The van der Waals surface area contributed by atoms with Gasteiger partial charge >= 0.3 is 12.3 Å². The Kier molecular flexibility index (Phi) is 4.90. The number of fused-ring (bicyclic) bond motifs is 1. The second-order valence-corrected chi connectivity index (χ2v) is 6.25. The molecule has 25 heavy (non-hydrogen) atoms. The number of amides is 1. The van der Waals surface area contributed by atoms with Crippen molar-refractivity contribution in [3.8, 4) is 0 Å². The average Bonchev–Trinajstić information content (AvgIpc) is 2.60. The standard InChI is InChI=1S/C18H15ClF3NO2/c19-15-8-9-23(17(24)25-11-12-4-2-1-3-5-12)16-10-13(18(20,21)22)6-7-14(15)16/h1-7,10,15H,8-9,11H2. The molecule has 1 aliphatic heterocycles. The van der Waals surface area contributed by atoms with Gasteiger partial charge in [-0.25, -0.2) is 4.79 Å². The smallest absolute Gasteiger partial charge is 0.416 e. The van der Waals surface area contributed by atoms with E-state index >= 15 is 0 Å². The van der Waals surface area contributed by atoms with E-state index in [0.29, 0.717) is 12.0 Å². The third kappa shape index (κ3) is 3.90. The van der Waals surface area contributed by atoms with Crippen LogP contribution in [0, 0.1) is 0 Å². The normalized spacial score (nSPS) is 17.1. The first-order valence-corrected chi connectivity index (χ1v) is 8.13. The van der Waals surface area contributed by atoms with Gasteiger partial charge < -0.3 is 4.74 Å². The van der Waals surface area contributed by atoms with Gasteiger partial charge in [-0.05, 0) is 29.7 Å². The van der Waals surface area contributed by atoms with Crippen LogP contribution >= 0.6 is 11.6 Å². The Balaban J connectivity index is 1.83. The van der Waals surface area contributed by atoms with Crippen LogP contribution in [-0.4, -0.2) is 12.6 Å². The van der Waals surface area contributed by atoms with E-state index in [0.717, 1.165) is 17.7 Å². The summed E-state index contributed by atoms with van der Waals surface area (Å²) in [7, 11) is 0. The Labute approximate surface area is 148 Å². The molecule has 7 heteroatoms. The molecular weight excluding hydrogens is 355 g/mol. The second kappa shape index (κ2) is 6.96. The minimum Gasteiger partial charge on any atom is -0.444 e. The van der Waals surface area contributed by atoms with Gasteiger partial charge in [0.1, 0.15) is 6.61 Å². The molecule has 132 valence electrons. The summed E-state index contributed by atoms with van der Waals surface area (Å²) < 4.78 is 44.2. The van der Waals surface area contributed by atoms with Crippen LogP contribution in [0.1, 0.15) is 28.5 Å². The number of ether oxygens (including phenoxy) is 1. The fourth-order valence-electron chi connectivity index (χ4n) is 2.72. The Hall–Kier alpha value is -2.21. The SMILES string of the molecule is O=C(OCc1ccccc1)N1CCC(Cl)c2ccc(C(F)(F)F)cc21. The molecular formula is C18H15ClF3NO2. The van der Waals surface area contributed by atoms with E-state index in [2.05, 4.69) is 0 Å². The van der Waals surface area contributed by atoms with Crippen LogP contribution in [0.25, 0.3) is 0 Å². The van der Waals surface area contributed by atoms with E-state index in [-0.39, 0.29) is 18.8 Å². The van der Waals surface area contributed by atoms with Crippen molar-refractivity contribution in [2.45, 2.75) is 24.6 Å².